The summed E-state index contributed by atoms with van der Waals surface area (Å²) in [6.45, 7) is 0. The van der Waals surface area contributed by atoms with Crippen LogP contribution in [-0.4, -0.2) is 21.9 Å². The Morgan fingerprint density at radius 1 is 1.24 bits per heavy atom. The minimum Gasteiger partial charge on any atom is -0.348 e. The van der Waals surface area contributed by atoms with E-state index in [1.54, 1.807) is 12.5 Å². The van der Waals surface area contributed by atoms with Crippen molar-refractivity contribution in [3.63, 3.8) is 0 Å². The molecule has 0 unspecified atom stereocenters. The highest BCUT2D eigenvalue weighted by Gasteiger charge is 2.18. The Balaban J connectivity index is 1.70. The number of amides is 1. The summed E-state index contributed by atoms with van der Waals surface area (Å²) in [4.78, 5) is 19.1. The van der Waals surface area contributed by atoms with E-state index in [9.17, 15) is 4.79 Å². The molecule has 0 saturated carbocycles. The first-order chi connectivity index (χ1) is 10.2. The average molecular weight is 281 g/mol. The Morgan fingerprint density at radius 2 is 2.05 bits per heavy atom. The standard InChI is InChI=1S/C16H16N4O/c17-15(8-14-9-18-10-19-14)16(21)20-13-6-5-11-3-1-2-4-12(11)7-13/h1-7,9-10,15H,8,17H2,(H,18,19)(H,20,21)/p+1/t15-/m0/s1. The molecule has 0 fully saturated rings. The minimum absolute atomic E-state index is 0.0973. The highest BCUT2D eigenvalue weighted by atomic mass is 16.2. The lowest BCUT2D eigenvalue weighted by atomic mass is 10.1. The fourth-order valence-electron chi connectivity index (χ4n) is 2.27. The Labute approximate surface area is 122 Å². The predicted octanol–water partition coefficient (Wildman–Crippen LogP) is 1.35. The number of hydrogen-bond acceptors (Lipinski definition) is 2. The second-order valence-corrected chi connectivity index (χ2v) is 5.03. The molecule has 5 heteroatoms. The highest BCUT2D eigenvalue weighted by molar-refractivity contribution is 5.96. The van der Waals surface area contributed by atoms with E-state index in [-0.39, 0.29) is 11.9 Å². The molecule has 1 aromatic heterocycles. The zero-order valence-corrected chi connectivity index (χ0v) is 11.5. The minimum atomic E-state index is -0.364. The fraction of sp³-hybridized carbons (Fsp3) is 0.125. The monoisotopic (exact) mass is 281 g/mol. The molecule has 0 radical (unpaired) electrons. The fourth-order valence-corrected chi connectivity index (χ4v) is 2.27. The van der Waals surface area contributed by atoms with Crippen LogP contribution in [0.15, 0.2) is 55.0 Å². The zero-order chi connectivity index (χ0) is 14.7. The second-order valence-electron chi connectivity index (χ2n) is 5.03. The lowest BCUT2D eigenvalue weighted by Gasteiger charge is -2.09. The van der Waals surface area contributed by atoms with Gasteiger partial charge in [-0.2, -0.15) is 0 Å². The van der Waals surface area contributed by atoms with Gasteiger partial charge in [0.25, 0.3) is 5.91 Å². The van der Waals surface area contributed by atoms with Crippen molar-refractivity contribution in [2.45, 2.75) is 12.5 Å². The van der Waals surface area contributed by atoms with E-state index in [2.05, 4.69) is 21.0 Å². The van der Waals surface area contributed by atoms with Gasteiger partial charge >= 0.3 is 0 Å². The van der Waals surface area contributed by atoms with Gasteiger partial charge in [-0.05, 0) is 22.9 Å². The molecule has 0 aliphatic heterocycles. The number of benzene rings is 2. The number of carbonyl (C=O) groups excluding carboxylic acids is 1. The Morgan fingerprint density at radius 3 is 2.81 bits per heavy atom. The number of H-pyrrole nitrogens is 1. The topological polar surface area (TPSA) is 85.4 Å². The van der Waals surface area contributed by atoms with Gasteiger partial charge in [-0.1, -0.05) is 30.3 Å². The molecular formula is C16H17N4O+. The highest BCUT2D eigenvalue weighted by Crippen LogP contribution is 2.18. The van der Waals surface area contributed by atoms with Crippen LogP contribution in [0.1, 0.15) is 5.69 Å². The lowest BCUT2D eigenvalue weighted by Crippen LogP contribution is -2.67. The largest absolute Gasteiger partial charge is 0.348 e. The van der Waals surface area contributed by atoms with Gasteiger partial charge in [-0.15, -0.1) is 0 Å². The van der Waals surface area contributed by atoms with Crippen LogP contribution in [0, 0.1) is 0 Å². The lowest BCUT2D eigenvalue weighted by molar-refractivity contribution is -0.402. The molecule has 1 amide bonds. The van der Waals surface area contributed by atoms with Crippen LogP contribution >= 0.6 is 0 Å². The van der Waals surface area contributed by atoms with Crippen molar-refractivity contribution in [3.8, 4) is 0 Å². The van der Waals surface area contributed by atoms with Gasteiger partial charge in [0.05, 0.1) is 12.7 Å². The molecule has 0 aliphatic carbocycles. The maximum atomic E-state index is 12.2. The number of imidazole rings is 1. The molecule has 0 saturated heterocycles. The van der Waals surface area contributed by atoms with Crippen molar-refractivity contribution in [3.05, 3.63) is 60.7 Å². The molecule has 2 aromatic carbocycles. The number of hydrogen-bond donors (Lipinski definition) is 3. The molecule has 3 rings (SSSR count). The van der Waals surface area contributed by atoms with Crippen LogP contribution in [0.2, 0.25) is 0 Å². The van der Waals surface area contributed by atoms with E-state index in [0.717, 1.165) is 22.2 Å². The molecule has 5 nitrogen and oxygen atoms in total. The predicted molar refractivity (Wildman–Crippen MR) is 81.5 cm³/mol. The van der Waals surface area contributed by atoms with Crippen LogP contribution in [0.4, 0.5) is 5.69 Å². The normalized spacial score (nSPS) is 12.2. The first-order valence-corrected chi connectivity index (χ1v) is 6.82. The molecule has 0 bridgehead atoms. The quantitative estimate of drug-likeness (QED) is 0.674. The number of aromatic amines is 1. The second kappa shape index (κ2) is 5.76. The molecule has 5 N–H and O–H groups in total. The van der Waals surface area contributed by atoms with E-state index in [1.165, 1.54) is 0 Å². The van der Waals surface area contributed by atoms with Crippen LogP contribution in [0.3, 0.4) is 0 Å². The molecule has 106 valence electrons. The van der Waals surface area contributed by atoms with Gasteiger partial charge in [-0.3, -0.25) is 4.79 Å². The molecular weight excluding hydrogens is 264 g/mol. The summed E-state index contributed by atoms with van der Waals surface area (Å²) in [5, 5.41) is 5.16. The van der Waals surface area contributed by atoms with E-state index < -0.39 is 0 Å². The maximum absolute atomic E-state index is 12.2. The van der Waals surface area contributed by atoms with E-state index in [0.29, 0.717) is 6.42 Å². The van der Waals surface area contributed by atoms with E-state index in [1.807, 2.05) is 42.5 Å². The van der Waals surface area contributed by atoms with E-state index >= 15 is 0 Å². The summed E-state index contributed by atoms with van der Waals surface area (Å²) in [7, 11) is 0. The Bertz CT molecular complexity index is 752. The van der Waals surface area contributed by atoms with Gasteiger partial charge < -0.3 is 16.0 Å². The van der Waals surface area contributed by atoms with Crippen LogP contribution < -0.4 is 11.1 Å². The Kier molecular flexibility index (Phi) is 3.66. The molecule has 3 aromatic rings. The van der Waals surface area contributed by atoms with Crippen molar-refractivity contribution in [2.24, 2.45) is 0 Å². The van der Waals surface area contributed by atoms with E-state index in [4.69, 9.17) is 0 Å². The zero-order valence-electron chi connectivity index (χ0n) is 11.5. The van der Waals surface area contributed by atoms with Crippen molar-refractivity contribution in [1.82, 2.24) is 9.97 Å². The molecule has 0 aliphatic rings. The van der Waals surface area contributed by atoms with Crippen molar-refractivity contribution >= 4 is 22.4 Å². The number of aromatic nitrogens is 2. The van der Waals surface area contributed by atoms with Gasteiger partial charge in [0.15, 0.2) is 6.04 Å². The smallest absolute Gasteiger partial charge is 0.282 e. The number of fused-ring (bicyclic) bond motifs is 1. The van der Waals surface area contributed by atoms with Gasteiger partial charge in [0.2, 0.25) is 0 Å². The van der Waals surface area contributed by atoms with Crippen LogP contribution in [-0.2, 0) is 11.2 Å². The van der Waals surface area contributed by atoms with Crippen molar-refractivity contribution < 1.29 is 10.5 Å². The van der Waals surface area contributed by atoms with Crippen molar-refractivity contribution in [2.75, 3.05) is 5.32 Å². The number of carbonyl (C=O) groups is 1. The first kappa shape index (κ1) is 13.3. The van der Waals surface area contributed by atoms with Gasteiger partial charge in [-0.25, -0.2) is 4.98 Å². The third kappa shape index (κ3) is 3.09. The number of quaternary nitrogens is 1. The average Bonchev–Trinajstić information content (AvgIpc) is 3.00. The Hall–Kier alpha value is -2.66. The molecule has 1 heterocycles. The summed E-state index contributed by atoms with van der Waals surface area (Å²) >= 11 is 0. The van der Waals surface area contributed by atoms with Crippen molar-refractivity contribution in [1.29, 1.82) is 0 Å². The first-order valence-electron chi connectivity index (χ1n) is 6.82. The number of nitrogens with zero attached hydrogens (tertiary/aromatic N) is 1. The summed E-state index contributed by atoms with van der Waals surface area (Å²) in [5.74, 6) is -0.0973. The summed E-state index contributed by atoms with van der Waals surface area (Å²) in [5.41, 5.74) is 5.61. The third-order valence-corrected chi connectivity index (χ3v) is 3.41. The molecule has 21 heavy (non-hydrogen) atoms. The van der Waals surface area contributed by atoms with Crippen LogP contribution in [0.5, 0.6) is 0 Å². The summed E-state index contributed by atoms with van der Waals surface area (Å²) in [6.07, 6.45) is 3.85. The molecule has 0 spiro atoms. The molecule has 1 atom stereocenters. The van der Waals surface area contributed by atoms with Gasteiger partial charge in [0, 0.05) is 17.6 Å². The maximum Gasteiger partial charge on any atom is 0.282 e. The number of anilines is 1. The summed E-state index contributed by atoms with van der Waals surface area (Å²) < 4.78 is 0. The summed E-state index contributed by atoms with van der Waals surface area (Å²) in [6, 6.07) is 13.6. The van der Waals surface area contributed by atoms with Gasteiger partial charge in [0.1, 0.15) is 0 Å². The number of nitrogens with one attached hydrogen (secondary N) is 2. The van der Waals surface area contributed by atoms with Crippen LogP contribution in [0.25, 0.3) is 10.8 Å². The SMILES string of the molecule is [NH3+][C@@H](Cc1cnc[nH]1)C(=O)Nc1ccc2ccccc2c1. The third-order valence-electron chi connectivity index (χ3n) is 3.41. The number of rotatable bonds is 4.